The molecule has 0 radical (unpaired) electrons. The van der Waals surface area contributed by atoms with Crippen LogP contribution in [0, 0.1) is 0 Å². The maximum absolute atomic E-state index is 11.7. The van der Waals surface area contributed by atoms with E-state index in [0.717, 1.165) is 25.8 Å². The van der Waals surface area contributed by atoms with Crippen LogP contribution in [0.3, 0.4) is 0 Å². The molecule has 3 nitrogen and oxygen atoms in total. The van der Waals surface area contributed by atoms with Gasteiger partial charge in [-0.05, 0) is 12.8 Å². The van der Waals surface area contributed by atoms with E-state index in [2.05, 4.69) is 19.2 Å². The van der Waals surface area contributed by atoms with Gasteiger partial charge < -0.3 is 4.90 Å². The molecule has 1 atom stereocenters. The molecule has 100 valence electrons. The van der Waals surface area contributed by atoms with Gasteiger partial charge in [-0.25, -0.2) is 0 Å². The molecule has 0 aromatic heterocycles. The normalized spacial score (nSPS) is 20.2. The van der Waals surface area contributed by atoms with Gasteiger partial charge in [0.15, 0.2) is 0 Å². The molecule has 1 unspecified atom stereocenters. The largest absolute Gasteiger partial charge is 0.326 e. The van der Waals surface area contributed by atoms with Crippen LogP contribution in [0.1, 0.15) is 65.2 Å². The van der Waals surface area contributed by atoms with Crippen LogP contribution >= 0.6 is 0 Å². The molecule has 1 saturated heterocycles. The summed E-state index contributed by atoms with van der Waals surface area (Å²) in [5, 5.41) is 3.29. The molecule has 3 heteroatoms. The van der Waals surface area contributed by atoms with Crippen molar-refractivity contribution in [2.45, 2.75) is 71.4 Å². The fourth-order valence-corrected chi connectivity index (χ4v) is 2.47. The predicted molar refractivity (Wildman–Crippen MR) is 71.8 cm³/mol. The highest BCUT2D eigenvalue weighted by Gasteiger charge is 2.28. The minimum atomic E-state index is 0.289. The van der Waals surface area contributed by atoms with Crippen LogP contribution in [0.25, 0.3) is 0 Å². The summed E-state index contributed by atoms with van der Waals surface area (Å²) in [4.78, 5) is 13.7. The Bertz CT molecular complexity index is 218. The topological polar surface area (TPSA) is 32.3 Å². The van der Waals surface area contributed by atoms with Gasteiger partial charge >= 0.3 is 0 Å². The minimum Gasteiger partial charge on any atom is -0.326 e. The summed E-state index contributed by atoms with van der Waals surface area (Å²) in [6.07, 6.45) is 10.3. The van der Waals surface area contributed by atoms with E-state index in [4.69, 9.17) is 0 Å². The molecule has 0 aromatic carbocycles. The molecule has 0 bridgehead atoms. The molecule has 1 N–H and O–H groups in total. The average molecular weight is 240 g/mol. The molecule has 1 heterocycles. The van der Waals surface area contributed by atoms with E-state index < -0.39 is 0 Å². The van der Waals surface area contributed by atoms with Gasteiger partial charge in [-0.2, -0.15) is 0 Å². The third kappa shape index (κ3) is 5.07. The Kier molecular flexibility index (Phi) is 7.25. The van der Waals surface area contributed by atoms with Crippen molar-refractivity contribution in [3.8, 4) is 0 Å². The second-order valence-electron chi connectivity index (χ2n) is 5.04. The van der Waals surface area contributed by atoms with Gasteiger partial charge in [0.25, 0.3) is 0 Å². The lowest BCUT2D eigenvalue weighted by Crippen LogP contribution is -2.37. The van der Waals surface area contributed by atoms with Crippen LogP contribution in [0.4, 0.5) is 0 Å². The summed E-state index contributed by atoms with van der Waals surface area (Å²) in [5.41, 5.74) is 0. The Morgan fingerprint density at radius 2 is 1.82 bits per heavy atom. The first kappa shape index (κ1) is 14.5. The van der Waals surface area contributed by atoms with Crippen molar-refractivity contribution in [1.82, 2.24) is 10.2 Å². The first-order valence-corrected chi connectivity index (χ1v) is 7.32. The number of nitrogens with zero attached hydrogens (tertiary/aromatic N) is 1. The number of carbonyl (C=O) groups excluding carboxylic acids is 1. The number of hydrogen-bond donors (Lipinski definition) is 1. The molecule has 1 fully saturated rings. The Morgan fingerprint density at radius 3 is 2.53 bits per heavy atom. The minimum absolute atomic E-state index is 0.289. The zero-order valence-corrected chi connectivity index (χ0v) is 11.5. The second kappa shape index (κ2) is 8.51. The van der Waals surface area contributed by atoms with Crippen LogP contribution in [0.5, 0.6) is 0 Å². The number of hydrogen-bond acceptors (Lipinski definition) is 2. The molecular formula is C14H28N2O. The standard InChI is InChI=1S/C14H28N2O/c1-3-5-6-7-8-9-11-16-13(10-4-2)15-12-14(16)17/h13,15H,3-12H2,1-2H3. The van der Waals surface area contributed by atoms with Crippen molar-refractivity contribution in [2.75, 3.05) is 13.1 Å². The molecule has 0 aromatic rings. The summed E-state index contributed by atoms with van der Waals surface area (Å²) < 4.78 is 0. The quantitative estimate of drug-likeness (QED) is 0.628. The first-order chi connectivity index (χ1) is 8.29. The monoisotopic (exact) mass is 240 g/mol. The zero-order chi connectivity index (χ0) is 12.5. The van der Waals surface area contributed by atoms with E-state index in [0.29, 0.717) is 12.7 Å². The van der Waals surface area contributed by atoms with Gasteiger partial charge in [0.2, 0.25) is 5.91 Å². The van der Waals surface area contributed by atoms with E-state index in [9.17, 15) is 4.79 Å². The van der Waals surface area contributed by atoms with Crippen molar-refractivity contribution in [2.24, 2.45) is 0 Å². The van der Waals surface area contributed by atoms with Crippen LogP contribution in [-0.4, -0.2) is 30.1 Å². The SMILES string of the molecule is CCCCCCCCN1C(=O)CNC1CCC. The van der Waals surface area contributed by atoms with Crippen molar-refractivity contribution < 1.29 is 4.79 Å². The maximum atomic E-state index is 11.7. The average Bonchev–Trinajstić information content (AvgIpc) is 2.66. The zero-order valence-electron chi connectivity index (χ0n) is 11.5. The molecule has 1 rings (SSSR count). The second-order valence-corrected chi connectivity index (χ2v) is 5.04. The lowest BCUT2D eigenvalue weighted by molar-refractivity contribution is -0.128. The summed E-state index contributed by atoms with van der Waals surface area (Å²) in [7, 11) is 0. The smallest absolute Gasteiger partial charge is 0.237 e. The lowest BCUT2D eigenvalue weighted by atomic mass is 10.1. The number of rotatable bonds is 9. The van der Waals surface area contributed by atoms with E-state index in [1.165, 1.54) is 32.1 Å². The fraction of sp³-hybridized carbons (Fsp3) is 0.929. The van der Waals surface area contributed by atoms with E-state index in [1.54, 1.807) is 0 Å². The highest BCUT2D eigenvalue weighted by molar-refractivity contribution is 5.80. The van der Waals surface area contributed by atoms with Crippen molar-refractivity contribution in [3.63, 3.8) is 0 Å². The molecular weight excluding hydrogens is 212 g/mol. The van der Waals surface area contributed by atoms with E-state index in [-0.39, 0.29) is 5.91 Å². The number of carbonyl (C=O) groups is 1. The highest BCUT2D eigenvalue weighted by atomic mass is 16.2. The number of nitrogens with one attached hydrogen (secondary N) is 1. The molecule has 17 heavy (non-hydrogen) atoms. The summed E-state index contributed by atoms with van der Waals surface area (Å²) in [6.45, 7) is 5.90. The molecule has 1 aliphatic rings. The van der Waals surface area contributed by atoms with Gasteiger partial charge in [-0.1, -0.05) is 52.4 Å². The van der Waals surface area contributed by atoms with E-state index >= 15 is 0 Å². The van der Waals surface area contributed by atoms with E-state index in [1.807, 2.05) is 4.90 Å². The molecule has 1 amide bonds. The van der Waals surface area contributed by atoms with Crippen molar-refractivity contribution >= 4 is 5.91 Å². The molecule has 1 aliphatic heterocycles. The first-order valence-electron chi connectivity index (χ1n) is 7.32. The van der Waals surface area contributed by atoms with Crippen molar-refractivity contribution in [1.29, 1.82) is 0 Å². The van der Waals surface area contributed by atoms with Gasteiger partial charge in [-0.15, -0.1) is 0 Å². The Balaban J connectivity index is 2.13. The van der Waals surface area contributed by atoms with Crippen LogP contribution in [-0.2, 0) is 4.79 Å². The van der Waals surface area contributed by atoms with Crippen LogP contribution in [0.15, 0.2) is 0 Å². The van der Waals surface area contributed by atoms with Gasteiger partial charge in [0.1, 0.15) is 0 Å². The van der Waals surface area contributed by atoms with Gasteiger partial charge in [-0.3, -0.25) is 10.1 Å². The van der Waals surface area contributed by atoms with Crippen molar-refractivity contribution in [3.05, 3.63) is 0 Å². The summed E-state index contributed by atoms with van der Waals surface area (Å²) in [5.74, 6) is 0.289. The highest BCUT2D eigenvalue weighted by Crippen LogP contribution is 2.13. The lowest BCUT2D eigenvalue weighted by Gasteiger charge is -2.23. The summed E-state index contributed by atoms with van der Waals surface area (Å²) >= 11 is 0. The number of amides is 1. The van der Waals surface area contributed by atoms with Gasteiger partial charge in [0.05, 0.1) is 12.7 Å². The summed E-state index contributed by atoms with van der Waals surface area (Å²) in [6, 6.07) is 0. The van der Waals surface area contributed by atoms with Gasteiger partial charge in [0, 0.05) is 6.54 Å². The van der Waals surface area contributed by atoms with Crippen LogP contribution < -0.4 is 5.32 Å². The molecule has 0 spiro atoms. The Morgan fingerprint density at radius 1 is 1.12 bits per heavy atom. The molecule has 0 saturated carbocycles. The maximum Gasteiger partial charge on any atom is 0.237 e. The van der Waals surface area contributed by atoms with Crippen LogP contribution in [0.2, 0.25) is 0 Å². The number of unbranched alkanes of at least 4 members (excludes halogenated alkanes) is 5. The Hall–Kier alpha value is -0.570. The fourth-order valence-electron chi connectivity index (χ4n) is 2.47. The Labute approximate surface area is 106 Å². The predicted octanol–water partition coefficient (Wildman–Crippen LogP) is 2.90. The molecule has 0 aliphatic carbocycles. The third-order valence-corrected chi connectivity index (χ3v) is 3.50. The third-order valence-electron chi connectivity index (χ3n) is 3.50.